The number of thioether (sulfide) groups is 1. The van der Waals surface area contributed by atoms with Crippen LogP contribution in [0.3, 0.4) is 0 Å². The fraction of sp³-hybridized carbons (Fsp3) is 0.286. The van der Waals surface area contributed by atoms with Crippen molar-refractivity contribution >= 4 is 17.7 Å². The molecule has 0 radical (unpaired) electrons. The van der Waals surface area contributed by atoms with E-state index in [-0.39, 0.29) is 23.0 Å². The first-order chi connectivity index (χ1) is 13.3. The third-order valence-corrected chi connectivity index (χ3v) is 5.63. The fourth-order valence-corrected chi connectivity index (χ4v) is 3.65. The van der Waals surface area contributed by atoms with Crippen molar-refractivity contribution in [2.45, 2.75) is 37.2 Å². The smallest absolute Gasteiger partial charge is 0.233 e. The van der Waals surface area contributed by atoms with Gasteiger partial charge < -0.3 is 9.88 Å². The van der Waals surface area contributed by atoms with E-state index in [1.165, 1.54) is 23.9 Å². The summed E-state index contributed by atoms with van der Waals surface area (Å²) >= 11 is 1.35. The molecule has 0 aliphatic carbocycles. The second-order valence-electron chi connectivity index (χ2n) is 6.78. The monoisotopic (exact) mass is 398 g/mol. The summed E-state index contributed by atoms with van der Waals surface area (Å²) in [5, 5.41) is 11.8. The van der Waals surface area contributed by atoms with Crippen LogP contribution < -0.4 is 5.32 Å². The molecule has 1 heterocycles. The van der Waals surface area contributed by atoms with Gasteiger partial charge in [0.05, 0.1) is 11.3 Å². The number of carbonyl (C=O) groups excluding carboxylic acids is 1. The topological polar surface area (TPSA) is 59.8 Å². The second-order valence-corrected chi connectivity index (χ2v) is 8.08. The van der Waals surface area contributed by atoms with E-state index in [0.29, 0.717) is 5.16 Å². The maximum atomic E-state index is 13.1. The first-order valence-electron chi connectivity index (χ1n) is 9.04. The molecule has 3 aromatic rings. The Kier molecular flexibility index (Phi) is 6.14. The summed E-state index contributed by atoms with van der Waals surface area (Å²) in [7, 11) is 1.89. The Balaban J connectivity index is 1.66. The van der Waals surface area contributed by atoms with E-state index in [2.05, 4.69) is 21.6 Å². The minimum Gasteiger partial charge on any atom is -0.349 e. The lowest BCUT2D eigenvalue weighted by atomic mass is 10.1. The number of nitrogens with one attached hydrogen (secondary N) is 1. The van der Waals surface area contributed by atoms with Crippen LogP contribution in [0.15, 0.2) is 53.7 Å². The summed E-state index contributed by atoms with van der Waals surface area (Å²) in [6.45, 7) is 5.74. The molecule has 28 heavy (non-hydrogen) atoms. The number of aryl methyl sites for hydroxylation is 1. The minimum absolute atomic E-state index is 0.109. The molecule has 0 aliphatic heterocycles. The van der Waals surface area contributed by atoms with Crippen molar-refractivity contribution in [1.82, 2.24) is 20.1 Å². The summed E-state index contributed by atoms with van der Waals surface area (Å²) in [6, 6.07) is 14.0. The number of hydrogen-bond donors (Lipinski definition) is 1. The highest BCUT2D eigenvalue weighted by Gasteiger charge is 2.21. The molecule has 146 valence electrons. The molecule has 0 aliphatic rings. The van der Waals surface area contributed by atoms with Gasteiger partial charge >= 0.3 is 0 Å². The van der Waals surface area contributed by atoms with Gasteiger partial charge in [-0.1, -0.05) is 47.7 Å². The Morgan fingerprint density at radius 1 is 1.14 bits per heavy atom. The van der Waals surface area contributed by atoms with Crippen molar-refractivity contribution in [2.24, 2.45) is 7.05 Å². The molecule has 0 saturated carbocycles. The molecule has 1 aromatic heterocycles. The van der Waals surface area contributed by atoms with Crippen LogP contribution in [0.4, 0.5) is 4.39 Å². The number of aromatic nitrogens is 3. The number of amides is 1. The molecular weight excluding hydrogens is 375 g/mol. The van der Waals surface area contributed by atoms with E-state index in [1.54, 1.807) is 12.1 Å². The normalized spacial score (nSPS) is 13.2. The van der Waals surface area contributed by atoms with Crippen molar-refractivity contribution in [3.05, 3.63) is 65.5 Å². The first kappa shape index (κ1) is 20.1. The van der Waals surface area contributed by atoms with Gasteiger partial charge in [0, 0.05) is 12.6 Å². The van der Waals surface area contributed by atoms with Crippen LogP contribution in [0.25, 0.3) is 11.4 Å². The molecule has 0 bridgehead atoms. The molecular formula is C21H23FN4OS. The lowest BCUT2D eigenvalue weighted by Crippen LogP contribution is -2.33. The van der Waals surface area contributed by atoms with E-state index in [9.17, 15) is 9.18 Å². The summed E-state index contributed by atoms with van der Waals surface area (Å²) < 4.78 is 15.0. The molecule has 3 rings (SSSR count). The highest BCUT2D eigenvalue weighted by molar-refractivity contribution is 8.00. The van der Waals surface area contributed by atoms with Gasteiger partial charge in [0.2, 0.25) is 5.91 Å². The van der Waals surface area contributed by atoms with Crippen LogP contribution in [-0.4, -0.2) is 25.9 Å². The molecule has 0 saturated heterocycles. The SMILES string of the molecule is Cc1cccc(-c2nnc(SC(C)C(=O)NC(C)c3ccc(F)cc3)n2C)c1. The van der Waals surface area contributed by atoms with Crippen molar-refractivity contribution < 1.29 is 9.18 Å². The van der Waals surface area contributed by atoms with Gasteiger partial charge in [0.15, 0.2) is 11.0 Å². The molecule has 0 fully saturated rings. The van der Waals surface area contributed by atoms with Crippen molar-refractivity contribution in [1.29, 1.82) is 0 Å². The Hall–Kier alpha value is -2.67. The maximum Gasteiger partial charge on any atom is 0.233 e. The molecule has 2 unspecified atom stereocenters. The van der Waals surface area contributed by atoms with Gasteiger partial charge in [0.1, 0.15) is 5.82 Å². The standard InChI is InChI=1S/C21H23FN4OS/c1-13-6-5-7-17(12-13)19-24-25-21(26(19)4)28-15(3)20(27)23-14(2)16-8-10-18(22)11-9-16/h5-12,14-15H,1-4H3,(H,23,27). The predicted octanol–water partition coefficient (Wildman–Crippen LogP) is 4.29. The van der Waals surface area contributed by atoms with Crippen LogP contribution >= 0.6 is 11.8 Å². The Morgan fingerprint density at radius 2 is 1.86 bits per heavy atom. The number of carbonyl (C=O) groups is 1. The van der Waals surface area contributed by atoms with E-state index < -0.39 is 0 Å². The second kappa shape index (κ2) is 8.56. The summed E-state index contributed by atoms with van der Waals surface area (Å²) in [6.07, 6.45) is 0. The molecule has 2 atom stereocenters. The van der Waals surface area contributed by atoms with Gasteiger partial charge in [-0.15, -0.1) is 10.2 Å². The van der Waals surface area contributed by atoms with E-state index in [1.807, 2.05) is 50.6 Å². The van der Waals surface area contributed by atoms with Crippen molar-refractivity contribution in [2.75, 3.05) is 0 Å². The average Bonchev–Trinajstić information content (AvgIpc) is 3.02. The van der Waals surface area contributed by atoms with Gasteiger partial charge in [-0.3, -0.25) is 4.79 Å². The minimum atomic E-state index is -0.351. The Bertz CT molecular complexity index is 971. The summed E-state index contributed by atoms with van der Waals surface area (Å²) in [4.78, 5) is 12.6. The molecule has 2 aromatic carbocycles. The van der Waals surface area contributed by atoms with Crippen LogP contribution in [-0.2, 0) is 11.8 Å². The number of halogens is 1. The summed E-state index contributed by atoms with van der Waals surface area (Å²) in [5.74, 6) is 0.360. The third kappa shape index (κ3) is 4.59. The largest absolute Gasteiger partial charge is 0.349 e. The predicted molar refractivity (Wildman–Crippen MR) is 109 cm³/mol. The Morgan fingerprint density at radius 3 is 2.54 bits per heavy atom. The third-order valence-electron chi connectivity index (χ3n) is 4.49. The highest BCUT2D eigenvalue weighted by atomic mass is 32.2. The van der Waals surface area contributed by atoms with Gasteiger partial charge in [-0.2, -0.15) is 0 Å². The van der Waals surface area contributed by atoms with Crippen LogP contribution in [0.2, 0.25) is 0 Å². The zero-order valence-corrected chi connectivity index (χ0v) is 17.1. The lowest BCUT2D eigenvalue weighted by molar-refractivity contribution is -0.120. The number of rotatable bonds is 6. The molecule has 1 amide bonds. The molecule has 7 heteroatoms. The quantitative estimate of drug-likeness (QED) is 0.630. The zero-order chi connectivity index (χ0) is 20.3. The molecule has 0 spiro atoms. The van der Waals surface area contributed by atoms with Crippen molar-refractivity contribution in [3.8, 4) is 11.4 Å². The number of benzene rings is 2. The van der Waals surface area contributed by atoms with Crippen LogP contribution in [0.1, 0.15) is 31.0 Å². The first-order valence-corrected chi connectivity index (χ1v) is 9.92. The van der Waals surface area contributed by atoms with Gasteiger partial charge in [-0.25, -0.2) is 4.39 Å². The Labute approximate surface area is 168 Å². The fourth-order valence-electron chi connectivity index (χ4n) is 2.83. The summed E-state index contributed by atoms with van der Waals surface area (Å²) in [5.41, 5.74) is 2.99. The van der Waals surface area contributed by atoms with Gasteiger partial charge in [-0.05, 0) is 44.5 Å². The van der Waals surface area contributed by atoms with E-state index in [4.69, 9.17) is 0 Å². The van der Waals surface area contributed by atoms with Crippen LogP contribution in [0.5, 0.6) is 0 Å². The van der Waals surface area contributed by atoms with Gasteiger partial charge in [0.25, 0.3) is 0 Å². The molecule has 5 nitrogen and oxygen atoms in total. The number of hydrogen-bond acceptors (Lipinski definition) is 4. The average molecular weight is 399 g/mol. The highest BCUT2D eigenvalue weighted by Crippen LogP contribution is 2.26. The van der Waals surface area contributed by atoms with Crippen molar-refractivity contribution in [3.63, 3.8) is 0 Å². The van der Waals surface area contributed by atoms with Crippen LogP contribution in [0, 0.1) is 12.7 Å². The zero-order valence-electron chi connectivity index (χ0n) is 16.3. The maximum absolute atomic E-state index is 13.1. The lowest BCUT2D eigenvalue weighted by Gasteiger charge is -2.17. The van der Waals surface area contributed by atoms with E-state index >= 15 is 0 Å². The number of nitrogens with zero attached hydrogens (tertiary/aromatic N) is 3. The van der Waals surface area contributed by atoms with E-state index in [0.717, 1.165) is 22.5 Å². The molecule has 1 N–H and O–H groups in total.